The van der Waals surface area contributed by atoms with E-state index in [1.54, 1.807) is 4.90 Å². The molecule has 2 aromatic rings. The van der Waals surface area contributed by atoms with E-state index >= 15 is 0 Å². The number of rotatable bonds is 2. The quantitative estimate of drug-likeness (QED) is 0.925. The van der Waals surface area contributed by atoms with Crippen LogP contribution in [0.1, 0.15) is 21.5 Å². The van der Waals surface area contributed by atoms with Crippen LogP contribution in [0.4, 0.5) is 5.69 Å². The van der Waals surface area contributed by atoms with Gasteiger partial charge in [-0.05, 0) is 23.8 Å². The Hall–Kier alpha value is -1.65. The van der Waals surface area contributed by atoms with Crippen molar-refractivity contribution in [3.05, 3.63) is 63.6 Å². The van der Waals surface area contributed by atoms with Gasteiger partial charge in [-0.15, -0.1) is 0 Å². The molecule has 1 heterocycles. The number of carbonyl (C=O) groups excluding carboxylic acids is 1. The molecule has 0 saturated carbocycles. The minimum absolute atomic E-state index is 0.0448. The first-order valence-electron chi connectivity index (χ1n) is 6.09. The van der Waals surface area contributed by atoms with Gasteiger partial charge in [0.1, 0.15) is 0 Å². The second-order valence-corrected chi connectivity index (χ2v) is 5.34. The largest absolute Gasteiger partial charge is 0.326 e. The van der Waals surface area contributed by atoms with Crippen LogP contribution in [-0.4, -0.2) is 5.91 Å². The van der Waals surface area contributed by atoms with E-state index in [0.717, 1.165) is 26.9 Å². The van der Waals surface area contributed by atoms with Crippen molar-refractivity contribution in [2.24, 2.45) is 5.73 Å². The maximum absolute atomic E-state index is 12.4. The summed E-state index contributed by atoms with van der Waals surface area (Å²) in [5.41, 5.74) is 9.50. The van der Waals surface area contributed by atoms with Gasteiger partial charge in [0.25, 0.3) is 5.91 Å². The maximum Gasteiger partial charge on any atom is 0.258 e. The summed E-state index contributed by atoms with van der Waals surface area (Å²) in [4.78, 5) is 14.2. The molecule has 96 valence electrons. The third-order valence-corrected chi connectivity index (χ3v) is 4.15. The lowest BCUT2D eigenvalue weighted by atomic mass is 10.1. The van der Waals surface area contributed by atoms with Crippen LogP contribution < -0.4 is 10.6 Å². The third-order valence-electron chi connectivity index (χ3n) is 3.41. The second kappa shape index (κ2) is 4.79. The molecule has 1 aliphatic rings. The zero-order chi connectivity index (χ0) is 13.4. The van der Waals surface area contributed by atoms with Crippen molar-refractivity contribution in [1.82, 2.24) is 0 Å². The Morgan fingerprint density at radius 3 is 2.68 bits per heavy atom. The van der Waals surface area contributed by atoms with Crippen LogP contribution in [0, 0.1) is 0 Å². The van der Waals surface area contributed by atoms with Crippen LogP contribution >= 0.6 is 15.9 Å². The number of benzene rings is 2. The third kappa shape index (κ3) is 1.97. The normalized spacial score (nSPS) is 13.8. The molecule has 0 aliphatic carbocycles. The number of amides is 1. The van der Waals surface area contributed by atoms with Crippen molar-refractivity contribution < 1.29 is 4.79 Å². The van der Waals surface area contributed by atoms with Crippen molar-refractivity contribution >= 4 is 27.5 Å². The van der Waals surface area contributed by atoms with Gasteiger partial charge in [-0.25, -0.2) is 0 Å². The molecule has 0 unspecified atom stereocenters. The highest BCUT2D eigenvalue weighted by Crippen LogP contribution is 2.33. The Kier molecular flexibility index (Phi) is 3.12. The summed E-state index contributed by atoms with van der Waals surface area (Å²) in [5, 5.41) is 0. The van der Waals surface area contributed by atoms with E-state index in [0.29, 0.717) is 13.1 Å². The number of hydrogen-bond acceptors (Lipinski definition) is 2. The number of nitrogens with two attached hydrogens (primary N) is 1. The molecular formula is C15H13BrN2O. The van der Waals surface area contributed by atoms with Gasteiger partial charge in [-0.1, -0.05) is 40.2 Å². The Bertz CT molecular complexity index is 654. The average Bonchev–Trinajstić information content (AvgIpc) is 2.76. The Balaban J connectivity index is 2.07. The van der Waals surface area contributed by atoms with Crippen molar-refractivity contribution in [3.8, 4) is 0 Å². The number of carbonyl (C=O) groups is 1. The van der Waals surface area contributed by atoms with Gasteiger partial charge in [0.05, 0.1) is 6.54 Å². The highest BCUT2D eigenvalue weighted by molar-refractivity contribution is 9.10. The molecule has 0 aromatic heterocycles. The molecule has 3 rings (SSSR count). The summed E-state index contributed by atoms with van der Waals surface area (Å²) in [5.74, 6) is 0.0448. The molecule has 3 nitrogen and oxygen atoms in total. The molecule has 0 radical (unpaired) electrons. The van der Waals surface area contributed by atoms with Crippen LogP contribution in [0.2, 0.25) is 0 Å². The molecule has 0 fully saturated rings. The number of hydrogen-bond donors (Lipinski definition) is 1. The molecule has 0 atom stereocenters. The van der Waals surface area contributed by atoms with Gasteiger partial charge in [0, 0.05) is 27.8 Å². The predicted octanol–water partition coefficient (Wildman–Crippen LogP) is 3.07. The van der Waals surface area contributed by atoms with E-state index in [9.17, 15) is 4.79 Å². The van der Waals surface area contributed by atoms with E-state index in [4.69, 9.17) is 5.73 Å². The van der Waals surface area contributed by atoms with Crippen LogP contribution in [-0.2, 0) is 13.1 Å². The van der Waals surface area contributed by atoms with Crippen LogP contribution in [0.15, 0.2) is 46.9 Å². The summed E-state index contributed by atoms with van der Waals surface area (Å²) in [6, 6.07) is 13.5. The van der Waals surface area contributed by atoms with Gasteiger partial charge < -0.3 is 10.6 Å². The van der Waals surface area contributed by atoms with Crippen molar-refractivity contribution in [1.29, 1.82) is 0 Å². The highest BCUT2D eigenvalue weighted by Gasteiger charge is 2.29. The zero-order valence-electron chi connectivity index (χ0n) is 10.3. The molecule has 0 saturated heterocycles. The standard InChI is InChI=1S/C15H13BrN2O/c16-13-6-3-7-14(12(13)8-17)18-9-10-4-1-2-5-11(10)15(18)19/h1-7H,8-9,17H2. The van der Waals surface area contributed by atoms with Crippen molar-refractivity contribution in [2.75, 3.05) is 4.90 Å². The second-order valence-electron chi connectivity index (χ2n) is 4.49. The van der Waals surface area contributed by atoms with Crippen molar-refractivity contribution in [2.45, 2.75) is 13.1 Å². The summed E-state index contributed by atoms with van der Waals surface area (Å²) >= 11 is 3.49. The first-order chi connectivity index (χ1) is 9.22. The molecule has 2 aromatic carbocycles. The minimum atomic E-state index is 0.0448. The van der Waals surface area contributed by atoms with E-state index in [1.165, 1.54) is 0 Å². The van der Waals surface area contributed by atoms with E-state index in [2.05, 4.69) is 15.9 Å². The van der Waals surface area contributed by atoms with Gasteiger partial charge in [-0.3, -0.25) is 4.79 Å². The Morgan fingerprint density at radius 2 is 1.95 bits per heavy atom. The molecule has 1 amide bonds. The van der Waals surface area contributed by atoms with Gasteiger partial charge >= 0.3 is 0 Å². The fourth-order valence-corrected chi connectivity index (χ4v) is 2.97. The lowest BCUT2D eigenvalue weighted by molar-refractivity contribution is 0.0996. The lowest BCUT2D eigenvalue weighted by Gasteiger charge is -2.20. The fourth-order valence-electron chi connectivity index (χ4n) is 2.45. The number of anilines is 1. The van der Waals surface area contributed by atoms with Crippen LogP contribution in [0.5, 0.6) is 0 Å². The molecule has 0 bridgehead atoms. The first-order valence-corrected chi connectivity index (χ1v) is 6.89. The summed E-state index contributed by atoms with van der Waals surface area (Å²) in [6.07, 6.45) is 0. The number of nitrogens with zero attached hydrogens (tertiary/aromatic N) is 1. The molecule has 4 heteroatoms. The summed E-state index contributed by atoms with van der Waals surface area (Å²) < 4.78 is 0.941. The average molecular weight is 317 g/mol. The van der Waals surface area contributed by atoms with Crippen LogP contribution in [0.3, 0.4) is 0 Å². The zero-order valence-corrected chi connectivity index (χ0v) is 11.9. The molecule has 19 heavy (non-hydrogen) atoms. The Morgan fingerprint density at radius 1 is 1.16 bits per heavy atom. The molecular weight excluding hydrogens is 304 g/mol. The highest BCUT2D eigenvalue weighted by atomic mass is 79.9. The maximum atomic E-state index is 12.4. The van der Waals surface area contributed by atoms with Gasteiger partial charge in [-0.2, -0.15) is 0 Å². The predicted molar refractivity (Wildman–Crippen MR) is 79.0 cm³/mol. The van der Waals surface area contributed by atoms with Crippen molar-refractivity contribution in [3.63, 3.8) is 0 Å². The first kappa shape index (κ1) is 12.4. The smallest absolute Gasteiger partial charge is 0.258 e. The SMILES string of the molecule is NCc1c(Br)cccc1N1Cc2ccccc2C1=O. The van der Waals surface area contributed by atoms with E-state index in [1.807, 2.05) is 42.5 Å². The minimum Gasteiger partial charge on any atom is -0.326 e. The summed E-state index contributed by atoms with van der Waals surface area (Å²) in [7, 11) is 0. The monoisotopic (exact) mass is 316 g/mol. The summed E-state index contributed by atoms with van der Waals surface area (Å²) in [6.45, 7) is 1.01. The lowest BCUT2D eigenvalue weighted by Crippen LogP contribution is -2.25. The number of fused-ring (bicyclic) bond motifs is 1. The van der Waals surface area contributed by atoms with E-state index in [-0.39, 0.29) is 5.91 Å². The van der Waals surface area contributed by atoms with Crippen LogP contribution in [0.25, 0.3) is 0 Å². The molecule has 2 N–H and O–H groups in total. The van der Waals surface area contributed by atoms with Gasteiger partial charge in [0.15, 0.2) is 0 Å². The fraction of sp³-hybridized carbons (Fsp3) is 0.133. The Labute approximate surface area is 120 Å². The topological polar surface area (TPSA) is 46.3 Å². The number of halogens is 1. The van der Waals surface area contributed by atoms with Gasteiger partial charge in [0.2, 0.25) is 0 Å². The van der Waals surface area contributed by atoms with E-state index < -0.39 is 0 Å². The molecule has 0 spiro atoms. The molecule has 1 aliphatic heterocycles.